The number of methoxy groups -OCH3 is 1. The van der Waals surface area contributed by atoms with Crippen LogP contribution in [-0.2, 0) is 20.0 Å². The molecule has 0 bridgehead atoms. The third kappa shape index (κ3) is 5.51. The minimum atomic E-state index is -3.85. The number of rotatable bonds is 7. The average molecular weight is 460 g/mol. The predicted octanol–water partition coefficient (Wildman–Crippen LogP) is 1.07. The molecule has 1 saturated carbocycles. The van der Waals surface area contributed by atoms with Gasteiger partial charge in [-0.05, 0) is 43.9 Å². The summed E-state index contributed by atoms with van der Waals surface area (Å²) in [6.45, 7) is 0.637. The summed E-state index contributed by atoms with van der Waals surface area (Å²) in [5.41, 5.74) is 0.180. The monoisotopic (exact) mass is 459 g/mol. The maximum Gasteiger partial charge on any atom is 0.251 e. The zero-order valence-corrected chi connectivity index (χ0v) is 18.9. The molecule has 1 atom stereocenters. The van der Waals surface area contributed by atoms with E-state index in [1.807, 2.05) is 0 Å². The molecule has 1 amide bonds. The Hall–Kier alpha value is -1.69. The van der Waals surface area contributed by atoms with Crippen LogP contribution in [0.3, 0.4) is 0 Å². The molecule has 1 aromatic rings. The maximum atomic E-state index is 12.9. The third-order valence-electron chi connectivity index (χ3n) is 5.58. The lowest BCUT2D eigenvalue weighted by Crippen LogP contribution is -2.49. The van der Waals surface area contributed by atoms with Crippen LogP contribution < -0.4 is 14.8 Å². The van der Waals surface area contributed by atoms with Gasteiger partial charge in [0.05, 0.1) is 13.4 Å². The Morgan fingerprint density at radius 1 is 1.07 bits per heavy atom. The highest BCUT2D eigenvalue weighted by atomic mass is 32.2. The molecule has 1 aliphatic heterocycles. The summed E-state index contributed by atoms with van der Waals surface area (Å²) in [4.78, 5) is 12.7. The van der Waals surface area contributed by atoms with Crippen molar-refractivity contribution in [3.8, 4) is 5.75 Å². The lowest BCUT2D eigenvalue weighted by Gasteiger charge is -2.31. The molecular weight excluding hydrogens is 430 g/mol. The van der Waals surface area contributed by atoms with Crippen molar-refractivity contribution in [3.63, 3.8) is 0 Å². The van der Waals surface area contributed by atoms with Crippen molar-refractivity contribution in [2.45, 2.75) is 55.5 Å². The fraction of sp³-hybridized carbons (Fsp3) is 0.632. The van der Waals surface area contributed by atoms with E-state index >= 15 is 0 Å². The van der Waals surface area contributed by atoms with Crippen molar-refractivity contribution in [3.05, 3.63) is 23.8 Å². The zero-order valence-electron chi connectivity index (χ0n) is 17.3. The molecule has 168 valence electrons. The van der Waals surface area contributed by atoms with Gasteiger partial charge in [-0.1, -0.05) is 12.8 Å². The second kappa shape index (κ2) is 9.21. The summed E-state index contributed by atoms with van der Waals surface area (Å²) in [6.07, 6.45) is 6.00. The topological polar surface area (TPSA) is 122 Å². The summed E-state index contributed by atoms with van der Waals surface area (Å²) in [6, 6.07) is 3.82. The fourth-order valence-electron chi connectivity index (χ4n) is 3.98. The number of hydrogen-bond acceptors (Lipinski definition) is 6. The second-order valence-corrected chi connectivity index (χ2v) is 11.6. The van der Waals surface area contributed by atoms with Gasteiger partial charge in [-0.25, -0.2) is 25.9 Å². The molecule has 11 heteroatoms. The zero-order chi connectivity index (χ0) is 21.9. The van der Waals surface area contributed by atoms with Crippen molar-refractivity contribution < 1.29 is 26.4 Å². The molecule has 0 aromatic heterocycles. The maximum absolute atomic E-state index is 12.9. The molecule has 2 fully saturated rings. The number of hydrogen-bond donors (Lipinski definition) is 2. The van der Waals surface area contributed by atoms with E-state index < -0.39 is 26.0 Å². The molecule has 1 unspecified atom stereocenters. The van der Waals surface area contributed by atoms with Gasteiger partial charge in [-0.3, -0.25) is 4.79 Å². The predicted molar refractivity (Wildman–Crippen MR) is 112 cm³/mol. The Bertz CT molecular complexity index is 988. The number of nitrogens with one attached hydrogen (secondary N) is 2. The number of carbonyl (C=O) groups excluding carboxylic acids is 1. The molecule has 2 N–H and O–H groups in total. The highest BCUT2D eigenvalue weighted by molar-refractivity contribution is 7.89. The minimum Gasteiger partial charge on any atom is -0.495 e. The first kappa shape index (κ1) is 23.0. The van der Waals surface area contributed by atoms with Crippen LogP contribution >= 0.6 is 0 Å². The van der Waals surface area contributed by atoms with E-state index in [0.29, 0.717) is 19.4 Å². The molecule has 1 heterocycles. The Balaban J connectivity index is 1.77. The third-order valence-corrected chi connectivity index (χ3v) is 8.39. The van der Waals surface area contributed by atoms with Gasteiger partial charge in [0, 0.05) is 30.7 Å². The first-order valence-electron chi connectivity index (χ1n) is 10.1. The van der Waals surface area contributed by atoms with Gasteiger partial charge < -0.3 is 10.1 Å². The lowest BCUT2D eigenvalue weighted by atomic mass is 10.1. The normalized spacial score (nSPS) is 21.5. The number of sulfonamides is 2. The van der Waals surface area contributed by atoms with Crippen LogP contribution in [0, 0.1) is 0 Å². The first-order valence-corrected chi connectivity index (χ1v) is 13.4. The van der Waals surface area contributed by atoms with Crippen molar-refractivity contribution >= 4 is 26.0 Å². The van der Waals surface area contributed by atoms with Gasteiger partial charge in [0.2, 0.25) is 20.0 Å². The van der Waals surface area contributed by atoms with E-state index in [2.05, 4.69) is 10.0 Å². The summed E-state index contributed by atoms with van der Waals surface area (Å²) in [5, 5.41) is 2.83. The van der Waals surface area contributed by atoms with E-state index in [1.54, 1.807) is 0 Å². The van der Waals surface area contributed by atoms with Gasteiger partial charge >= 0.3 is 0 Å². The summed E-state index contributed by atoms with van der Waals surface area (Å²) in [7, 11) is -5.79. The van der Waals surface area contributed by atoms with Crippen LogP contribution in [0.5, 0.6) is 5.75 Å². The highest BCUT2D eigenvalue weighted by Crippen LogP contribution is 2.27. The molecule has 9 nitrogen and oxygen atoms in total. The van der Waals surface area contributed by atoms with Gasteiger partial charge in [-0.2, -0.15) is 0 Å². The van der Waals surface area contributed by atoms with Crippen LogP contribution in [0.4, 0.5) is 0 Å². The number of piperidine rings is 1. The van der Waals surface area contributed by atoms with Gasteiger partial charge in [0.1, 0.15) is 10.6 Å². The van der Waals surface area contributed by atoms with Gasteiger partial charge in [-0.15, -0.1) is 0 Å². The van der Waals surface area contributed by atoms with Crippen LogP contribution in [0.2, 0.25) is 0 Å². The van der Waals surface area contributed by atoms with Crippen LogP contribution in [0.15, 0.2) is 23.1 Å². The van der Waals surface area contributed by atoms with E-state index in [1.165, 1.54) is 29.6 Å². The smallest absolute Gasteiger partial charge is 0.251 e. The largest absolute Gasteiger partial charge is 0.495 e. The van der Waals surface area contributed by atoms with Crippen LogP contribution in [0.1, 0.15) is 48.9 Å². The Kier molecular flexibility index (Phi) is 7.05. The molecule has 2 aliphatic rings. The van der Waals surface area contributed by atoms with Crippen LogP contribution in [-0.4, -0.2) is 65.6 Å². The number of ether oxygens (including phenoxy) is 1. The average Bonchev–Trinajstić information content (AvgIpc) is 3.19. The molecule has 1 aromatic carbocycles. The van der Waals surface area contributed by atoms with Crippen molar-refractivity contribution in [1.29, 1.82) is 0 Å². The number of carbonyl (C=O) groups is 1. The first-order chi connectivity index (χ1) is 14.1. The number of amides is 1. The Morgan fingerprint density at radius 2 is 1.73 bits per heavy atom. The van der Waals surface area contributed by atoms with E-state index in [4.69, 9.17) is 4.74 Å². The minimum absolute atomic E-state index is 0.0778. The molecule has 0 radical (unpaired) electrons. The lowest BCUT2D eigenvalue weighted by molar-refractivity contribution is 0.0921. The summed E-state index contributed by atoms with van der Waals surface area (Å²) in [5.74, 6) is -0.284. The molecular formula is C19H29N3O6S2. The molecule has 0 spiro atoms. The van der Waals surface area contributed by atoms with Crippen LogP contribution in [0.25, 0.3) is 0 Å². The number of benzene rings is 1. The highest BCUT2D eigenvalue weighted by Gasteiger charge is 2.29. The fourth-order valence-corrected chi connectivity index (χ4v) is 6.40. The standard InChI is InChI=1S/C19H29N3O6S2/c1-28-17-10-9-14(12-18(17)30(26,27)21-15-6-3-4-7-15)19(23)20-16-8-5-11-22(13-16)29(2,24)25/h9-10,12,15-16,21H,3-8,11,13H2,1-2H3,(H,20,23). The quantitative estimate of drug-likeness (QED) is 0.629. The van der Waals surface area contributed by atoms with Gasteiger partial charge in [0.25, 0.3) is 5.91 Å². The van der Waals surface area contributed by atoms with Crippen molar-refractivity contribution in [2.24, 2.45) is 0 Å². The summed E-state index contributed by atoms with van der Waals surface area (Å²) < 4.78 is 58.6. The SMILES string of the molecule is COc1ccc(C(=O)NC2CCCN(S(C)(=O)=O)C2)cc1S(=O)(=O)NC1CCCC1. The van der Waals surface area contributed by atoms with E-state index in [0.717, 1.165) is 31.9 Å². The number of nitrogens with zero attached hydrogens (tertiary/aromatic N) is 1. The van der Waals surface area contributed by atoms with E-state index in [-0.39, 0.29) is 34.8 Å². The molecule has 30 heavy (non-hydrogen) atoms. The summed E-state index contributed by atoms with van der Waals surface area (Å²) >= 11 is 0. The molecule has 1 aliphatic carbocycles. The Morgan fingerprint density at radius 3 is 2.37 bits per heavy atom. The molecule has 3 rings (SSSR count). The molecule has 1 saturated heterocycles. The van der Waals surface area contributed by atoms with Gasteiger partial charge in [0.15, 0.2) is 0 Å². The Labute approximate surface area is 178 Å². The van der Waals surface area contributed by atoms with Crippen molar-refractivity contribution in [1.82, 2.24) is 14.3 Å². The van der Waals surface area contributed by atoms with E-state index in [9.17, 15) is 21.6 Å². The van der Waals surface area contributed by atoms with Crippen molar-refractivity contribution in [2.75, 3.05) is 26.5 Å². The second-order valence-electron chi connectivity index (χ2n) is 7.90.